The molecule has 1 aromatic carbocycles. The molecule has 0 aromatic heterocycles. The van der Waals surface area contributed by atoms with E-state index >= 15 is 0 Å². The van der Waals surface area contributed by atoms with Crippen LogP contribution in [0.15, 0.2) is 24.3 Å². The van der Waals surface area contributed by atoms with Gasteiger partial charge in [0.25, 0.3) is 0 Å². The number of hydrogen-bond donors (Lipinski definition) is 2. The lowest BCUT2D eigenvalue weighted by Gasteiger charge is -2.21. The molecule has 0 spiro atoms. The van der Waals surface area contributed by atoms with Crippen molar-refractivity contribution in [1.82, 2.24) is 5.32 Å². The summed E-state index contributed by atoms with van der Waals surface area (Å²) in [5.41, 5.74) is 6.43. The highest BCUT2D eigenvalue weighted by Gasteiger charge is 2.16. The molecule has 1 unspecified atom stereocenters. The van der Waals surface area contributed by atoms with E-state index in [0.717, 1.165) is 5.56 Å². The van der Waals surface area contributed by atoms with Crippen LogP contribution in [0.3, 0.4) is 0 Å². The lowest BCUT2D eigenvalue weighted by Crippen LogP contribution is -2.41. The fourth-order valence-electron chi connectivity index (χ4n) is 1.55. The summed E-state index contributed by atoms with van der Waals surface area (Å²) in [6, 6.07) is 7.33. The molecule has 0 bridgehead atoms. The van der Waals surface area contributed by atoms with Crippen LogP contribution in [-0.2, 0) is 11.2 Å². The standard InChI is InChI=1S/C14H21ClN2O2/c1-14(2,3)19-13(18)17-9-11(16)8-10-6-4-5-7-12(10)15/h4-7,11H,8-9,16H2,1-3H3,(H,17,18). The van der Waals surface area contributed by atoms with Crippen molar-refractivity contribution < 1.29 is 9.53 Å². The minimum atomic E-state index is -0.503. The summed E-state index contributed by atoms with van der Waals surface area (Å²) in [6.07, 6.45) is 0.150. The van der Waals surface area contributed by atoms with Gasteiger partial charge in [0.1, 0.15) is 5.60 Å². The van der Waals surface area contributed by atoms with Crippen LogP contribution in [0.2, 0.25) is 5.02 Å². The summed E-state index contributed by atoms with van der Waals surface area (Å²) in [7, 11) is 0. The Morgan fingerprint density at radius 2 is 2.05 bits per heavy atom. The smallest absolute Gasteiger partial charge is 0.407 e. The second-order valence-corrected chi connectivity index (χ2v) is 5.85. The average Bonchev–Trinajstić information content (AvgIpc) is 2.27. The Morgan fingerprint density at radius 1 is 1.42 bits per heavy atom. The van der Waals surface area contributed by atoms with Gasteiger partial charge in [-0.3, -0.25) is 0 Å². The second kappa shape index (κ2) is 6.78. The largest absolute Gasteiger partial charge is 0.444 e. The molecule has 3 N–H and O–H groups in total. The number of carbonyl (C=O) groups is 1. The number of rotatable bonds is 4. The van der Waals surface area contributed by atoms with Crippen molar-refractivity contribution in [3.05, 3.63) is 34.9 Å². The first kappa shape index (κ1) is 15.8. The minimum absolute atomic E-state index is 0.201. The Labute approximate surface area is 119 Å². The summed E-state index contributed by atoms with van der Waals surface area (Å²) in [6.45, 7) is 5.79. The van der Waals surface area contributed by atoms with E-state index < -0.39 is 11.7 Å². The third-order valence-corrected chi connectivity index (χ3v) is 2.72. The van der Waals surface area contributed by atoms with Crippen molar-refractivity contribution in [2.75, 3.05) is 6.54 Å². The molecule has 0 aliphatic heterocycles. The first-order valence-electron chi connectivity index (χ1n) is 6.24. The minimum Gasteiger partial charge on any atom is -0.444 e. The Kier molecular flexibility index (Phi) is 5.63. The van der Waals surface area contributed by atoms with Gasteiger partial charge in [-0.25, -0.2) is 4.79 Å². The maximum atomic E-state index is 11.5. The number of nitrogens with one attached hydrogen (secondary N) is 1. The molecule has 0 heterocycles. The summed E-state index contributed by atoms with van der Waals surface area (Å²) in [5.74, 6) is 0. The zero-order valence-electron chi connectivity index (χ0n) is 11.6. The molecule has 106 valence electrons. The van der Waals surface area contributed by atoms with Crippen LogP contribution in [0.25, 0.3) is 0 Å². The molecule has 1 rings (SSSR count). The van der Waals surface area contributed by atoms with Crippen molar-refractivity contribution in [2.24, 2.45) is 5.73 Å². The van der Waals surface area contributed by atoms with Crippen LogP contribution in [0.4, 0.5) is 4.79 Å². The maximum Gasteiger partial charge on any atom is 0.407 e. The summed E-state index contributed by atoms with van der Waals surface area (Å²) in [4.78, 5) is 11.5. The van der Waals surface area contributed by atoms with Crippen LogP contribution in [0.5, 0.6) is 0 Å². The van der Waals surface area contributed by atoms with Gasteiger partial charge >= 0.3 is 6.09 Å². The van der Waals surface area contributed by atoms with Gasteiger partial charge in [-0.15, -0.1) is 0 Å². The van der Waals surface area contributed by atoms with Gasteiger partial charge in [-0.2, -0.15) is 0 Å². The molecular formula is C14H21ClN2O2. The van der Waals surface area contributed by atoms with Crippen LogP contribution in [0.1, 0.15) is 26.3 Å². The van der Waals surface area contributed by atoms with Gasteiger partial charge in [0.15, 0.2) is 0 Å². The average molecular weight is 285 g/mol. The highest BCUT2D eigenvalue weighted by atomic mass is 35.5. The van der Waals surface area contributed by atoms with Crippen LogP contribution in [0, 0.1) is 0 Å². The molecule has 5 heteroatoms. The number of carbonyl (C=O) groups excluding carboxylic acids is 1. The van der Waals surface area contributed by atoms with Crippen molar-refractivity contribution in [3.8, 4) is 0 Å². The summed E-state index contributed by atoms with van der Waals surface area (Å²) >= 11 is 6.05. The van der Waals surface area contributed by atoms with E-state index in [-0.39, 0.29) is 6.04 Å². The molecule has 0 aliphatic carbocycles. The fourth-order valence-corrected chi connectivity index (χ4v) is 1.76. The van der Waals surface area contributed by atoms with Crippen molar-refractivity contribution in [1.29, 1.82) is 0 Å². The summed E-state index contributed by atoms with van der Waals surface area (Å²) < 4.78 is 5.13. The van der Waals surface area contributed by atoms with Crippen molar-refractivity contribution in [3.63, 3.8) is 0 Å². The molecule has 19 heavy (non-hydrogen) atoms. The zero-order valence-corrected chi connectivity index (χ0v) is 12.3. The van der Waals surface area contributed by atoms with E-state index in [4.69, 9.17) is 22.1 Å². The number of hydrogen-bond acceptors (Lipinski definition) is 3. The van der Waals surface area contributed by atoms with Gasteiger partial charge in [-0.05, 0) is 38.8 Å². The molecule has 1 amide bonds. The van der Waals surface area contributed by atoms with Crippen molar-refractivity contribution in [2.45, 2.75) is 38.8 Å². The van der Waals surface area contributed by atoms with E-state index in [9.17, 15) is 4.79 Å². The van der Waals surface area contributed by atoms with Gasteiger partial charge in [-0.1, -0.05) is 29.8 Å². The first-order chi connectivity index (χ1) is 8.78. The third-order valence-electron chi connectivity index (χ3n) is 2.35. The number of nitrogens with two attached hydrogens (primary N) is 1. The number of ether oxygens (including phenoxy) is 1. The lowest BCUT2D eigenvalue weighted by molar-refractivity contribution is 0.0524. The van der Waals surface area contributed by atoms with Crippen molar-refractivity contribution >= 4 is 17.7 Å². The van der Waals surface area contributed by atoms with Crippen LogP contribution >= 0.6 is 11.6 Å². The Morgan fingerprint density at radius 3 is 2.63 bits per heavy atom. The Bertz CT molecular complexity index is 430. The van der Waals surface area contributed by atoms with E-state index in [0.29, 0.717) is 18.0 Å². The van der Waals surface area contributed by atoms with E-state index in [2.05, 4.69) is 5.32 Å². The molecule has 0 saturated carbocycles. The Balaban J connectivity index is 2.38. The number of amides is 1. The topological polar surface area (TPSA) is 64.3 Å². The number of alkyl carbamates (subject to hydrolysis) is 1. The first-order valence-corrected chi connectivity index (χ1v) is 6.61. The van der Waals surface area contributed by atoms with E-state index in [1.165, 1.54) is 0 Å². The third kappa shape index (κ3) is 6.45. The molecule has 4 nitrogen and oxygen atoms in total. The number of halogens is 1. The molecule has 0 aliphatic rings. The fraction of sp³-hybridized carbons (Fsp3) is 0.500. The normalized spacial score (nSPS) is 12.9. The quantitative estimate of drug-likeness (QED) is 0.893. The summed E-state index contributed by atoms with van der Waals surface area (Å²) in [5, 5.41) is 3.34. The molecular weight excluding hydrogens is 264 g/mol. The second-order valence-electron chi connectivity index (χ2n) is 5.44. The maximum absolute atomic E-state index is 11.5. The monoisotopic (exact) mass is 284 g/mol. The predicted octanol–water partition coefficient (Wildman–Crippen LogP) is 2.73. The highest BCUT2D eigenvalue weighted by molar-refractivity contribution is 6.31. The van der Waals surface area contributed by atoms with E-state index in [1.54, 1.807) is 0 Å². The molecule has 0 fully saturated rings. The highest BCUT2D eigenvalue weighted by Crippen LogP contribution is 2.16. The molecule has 1 atom stereocenters. The predicted molar refractivity (Wildman–Crippen MR) is 77.4 cm³/mol. The molecule has 1 aromatic rings. The van der Waals surface area contributed by atoms with Gasteiger partial charge in [0.05, 0.1) is 0 Å². The Hall–Kier alpha value is -1.26. The lowest BCUT2D eigenvalue weighted by atomic mass is 10.1. The van der Waals surface area contributed by atoms with Crippen LogP contribution < -0.4 is 11.1 Å². The van der Waals surface area contributed by atoms with Gasteiger partial charge < -0.3 is 15.8 Å². The van der Waals surface area contributed by atoms with Gasteiger partial charge in [0, 0.05) is 17.6 Å². The number of benzene rings is 1. The van der Waals surface area contributed by atoms with Crippen LogP contribution in [-0.4, -0.2) is 24.3 Å². The molecule has 0 saturated heterocycles. The van der Waals surface area contributed by atoms with E-state index in [1.807, 2.05) is 45.0 Å². The SMILES string of the molecule is CC(C)(C)OC(=O)NCC(N)Cc1ccccc1Cl. The van der Waals surface area contributed by atoms with Gasteiger partial charge in [0.2, 0.25) is 0 Å². The molecule has 0 radical (unpaired) electrons. The zero-order chi connectivity index (χ0) is 14.5.